The molecule has 0 bridgehead atoms. The van der Waals surface area contributed by atoms with E-state index in [0.717, 1.165) is 13.1 Å². The number of piperidine rings is 1. The van der Waals surface area contributed by atoms with Crippen LogP contribution < -0.4 is 11.0 Å². The van der Waals surface area contributed by atoms with Crippen molar-refractivity contribution in [3.8, 4) is 0 Å². The highest BCUT2D eigenvalue weighted by Gasteiger charge is 2.28. The van der Waals surface area contributed by atoms with Gasteiger partial charge < -0.3 is 15.3 Å². The SMILES string of the molecule is O=c1[nH]c(C2CCC2)c(C2CCCNC2)[nH]1. The average Bonchev–Trinajstić information content (AvgIpc) is 2.59. The number of hydrogen-bond donors (Lipinski definition) is 3. The average molecular weight is 221 g/mol. The number of imidazole rings is 1. The van der Waals surface area contributed by atoms with Crippen LogP contribution in [0.1, 0.15) is 55.3 Å². The van der Waals surface area contributed by atoms with E-state index in [1.165, 1.54) is 43.5 Å². The van der Waals surface area contributed by atoms with E-state index in [1.807, 2.05) is 0 Å². The quantitative estimate of drug-likeness (QED) is 0.707. The van der Waals surface area contributed by atoms with Crippen LogP contribution in [0.3, 0.4) is 0 Å². The Balaban J connectivity index is 1.88. The van der Waals surface area contributed by atoms with Crippen LogP contribution in [0.4, 0.5) is 0 Å². The molecule has 3 rings (SSSR count). The van der Waals surface area contributed by atoms with Crippen molar-refractivity contribution >= 4 is 0 Å². The van der Waals surface area contributed by atoms with Gasteiger partial charge in [-0.2, -0.15) is 0 Å². The first-order valence-corrected chi connectivity index (χ1v) is 6.37. The Hall–Kier alpha value is -1.03. The monoisotopic (exact) mass is 221 g/mol. The number of hydrogen-bond acceptors (Lipinski definition) is 2. The summed E-state index contributed by atoms with van der Waals surface area (Å²) in [6.07, 6.45) is 6.19. The molecule has 0 spiro atoms. The minimum Gasteiger partial charge on any atom is -0.316 e. The molecule has 4 nitrogen and oxygen atoms in total. The van der Waals surface area contributed by atoms with Crippen molar-refractivity contribution in [3.63, 3.8) is 0 Å². The van der Waals surface area contributed by atoms with Gasteiger partial charge in [0, 0.05) is 29.8 Å². The number of aromatic nitrogens is 2. The van der Waals surface area contributed by atoms with Crippen molar-refractivity contribution in [2.45, 2.75) is 43.9 Å². The van der Waals surface area contributed by atoms with Crippen LogP contribution in [-0.2, 0) is 0 Å². The second kappa shape index (κ2) is 4.09. The number of nitrogens with one attached hydrogen (secondary N) is 3. The standard InChI is InChI=1S/C12H19N3O/c16-12-14-10(8-3-1-4-8)11(15-12)9-5-2-6-13-7-9/h8-9,13H,1-7H2,(H2,14,15,16). The Morgan fingerprint density at radius 3 is 2.19 bits per heavy atom. The van der Waals surface area contributed by atoms with E-state index in [2.05, 4.69) is 15.3 Å². The Morgan fingerprint density at radius 1 is 0.938 bits per heavy atom. The molecule has 2 aliphatic rings. The fourth-order valence-electron chi connectivity index (χ4n) is 2.85. The first kappa shape index (κ1) is 10.1. The number of aromatic amines is 2. The van der Waals surface area contributed by atoms with Gasteiger partial charge in [0.05, 0.1) is 0 Å². The molecular weight excluding hydrogens is 202 g/mol. The van der Waals surface area contributed by atoms with E-state index in [0.29, 0.717) is 11.8 Å². The molecule has 2 fully saturated rings. The van der Waals surface area contributed by atoms with Crippen molar-refractivity contribution < 1.29 is 0 Å². The van der Waals surface area contributed by atoms with Crippen molar-refractivity contribution in [2.75, 3.05) is 13.1 Å². The van der Waals surface area contributed by atoms with Crippen molar-refractivity contribution in [3.05, 3.63) is 21.9 Å². The highest BCUT2D eigenvalue weighted by Crippen LogP contribution is 2.38. The fourth-order valence-corrected chi connectivity index (χ4v) is 2.85. The van der Waals surface area contributed by atoms with Gasteiger partial charge in [0.2, 0.25) is 0 Å². The van der Waals surface area contributed by atoms with Gasteiger partial charge in [-0.1, -0.05) is 6.42 Å². The van der Waals surface area contributed by atoms with Gasteiger partial charge in [-0.25, -0.2) is 4.79 Å². The summed E-state index contributed by atoms with van der Waals surface area (Å²) in [4.78, 5) is 17.5. The third-order valence-electron chi connectivity index (χ3n) is 4.01. The smallest absolute Gasteiger partial charge is 0.316 e. The minimum atomic E-state index is -0.0255. The molecule has 1 saturated heterocycles. The molecule has 16 heavy (non-hydrogen) atoms. The Morgan fingerprint density at radius 2 is 1.62 bits per heavy atom. The van der Waals surface area contributed by atoms with Gasteiger partial charge in [0.25, 0.3) is 0 Å². The Kier molecular flexibility index (Phi) is 2.59. The maximum absolute atomic E-state index is 11.5. The molecule has 88 valence electrons. The van der Waals surface area contributed by atoms with E-state index in [9.17, 15) is 4.79 Å². The molecule has 0 aromatic carbocycles. The summed E-state index contributed by atoms with van der Waals surface area (Å²) in [5, 5.41) is 3.41. The van der Waals surface area contributed by atoms with Gasteiger partial charge in [-0.3, -0.25) is 0 Å². The van der Waals surface area contributed by atoms with Crippen LogP contribution in [0.25, 0.3) is 0 Å². The Labute approximate surface area is 94.8 Å². The molecular formula is C12H19N3O. The predicted molar refractivity (Wildman–Crippen MR) is 62.9 cm³/mol. The zero-order valence-electron chi connectivity index (χ0n) is 9.51. The van der Waals surface area contributed by atoms with Crippen LogP contribution in [-0.4, -0.2) is 23.1 Å². The Bertz CT molecular complexity index is 410. The lowest BCUT2D eigenvalue weighted by Crippen LogP contribution is -2.29. The summed E-state index contributed by atoms with van der Waals surface area (Å²) in [6, 6.07) is 0. The lowest BCUT2D eigenvalue weighted by atomic mass is 9.80. The first-order valence-electron chi connectivity index (χ1n) is 6.37. The van der Waals surface area contributed by atoms with Crippen LogP contribution in [0.15, 0.2) is 4.79 Å². The van der Waals surface area contributed by atoms with E-state index in [1.54, 1.807) is 0 Å². The van der Waals surface area contributed by atoms with Gasteiger partial charge in [-0.05, 0) is 32.2 Å². The molecule has 3 N–H and O–H groups in total. The zero-order valence-corrected chi connectivity index (χ0v) is 9.51. The summed E-state index contributed by atoms with van der Waals surface area (Å²) >= 11 is 0. The second-order valence-corrected chi connectivity index (χ2v) is 5.08. The first-order chi connectivity index (χ1) is 7.84. The van der Waals surface area contributed by atoms with Gasteiger partial charge in [0.1, 0.15) is 0 Å². The van der Waals surface area contributed by atoms with E-state index in [4.69, 9.17) is 0 Å². The molecule has 1 saturated carbocycles. The number of rotatable bonds is 2. The molecule has 0 radical (unpaired) electrons. The third kappa shape index (κ3) is 1.71. The lowest BCUT2D eigenvalue weighted by molar-refractivity contribution is 0.397. The van der Waals surface area contributed by atoms with Crippen molar-refractivity contribution in [1.29, 1.82) is 0 Å². The van der Waals surface area contributed by atoms with E-state index in [-0.39, 0.29) is 5.69 Å². The largest absolute Gasteiger partial charge is 0.323 e. The maximum atomic E-state index is 11.5. The van der Waals surface area contributed by atoms with E-state index >= 15 is 0 Å². The van der Waals surface area contributed by atoms with Crippen LogP contribution in [0.2, 0.25) is 0 Å². The third-order valence-corrected chi connectivity index (χ3v) is 4.01. The summed E-state index contributed by atoms with van der Waals surface area (Å²) in [7, 11) is 0. The predicted octanol–water partition coefficient (Wildman–Crippen LogP) is 1.44. The molecule has 1 atom stereocenters. The molecule has 1 aromatic heterocycles. The summed E-state index contributed by atoms with van der Waals surface area (Å²) in [5.41, 5.74) is 2.36. The van der Waals surface area contributed by atoms with Crippen LogP contribution in [0, 0.1) is 0 Å². The molecule has 4 heteroatoms. The van der Waals surface area contributed by atoms with Gasteiger partial charge in [0.15, 0.2) is 0 Å². The normalized spacial score (nSPS) is 26.6. The van der Waals surface area contributed by atoms with E-state index < -0.39 is 0 Å². The van der Waals surface area contributed by atoms with Crippen LogP contribution >= 0.6 is 0 Å². The minimum absolute atomic E-state index is 0.0255. The molecule has 1 aliphatic heterocycles. The summed E-state index contributed by atoms with van der Waals surface area (Å²) in [6.45, 7) is 2.12. The van der Waals surface area contributed by atoms with Gasteiger partial charge in [-0.15, -0.1) is 0 Å². The van der Waals surface area contributed by atoms with Crippen molar-refractivity contribution in [2.24, 2.45) is 0 Å². The number of H-pyrrole nitrogens is 2. The second-order valence-electron chi connectivity index (χ2n) is 5.08. The lowest BCUT2D eigenvalue weighted by Gasteiger charge is -2.28. The maximum Gasteiger partial charge on any atom is 0.323 e. The highest BCUT2D eigenvalue weighted by atomic mass is 16.1. The van der Waals surface area contributed by atoms with Crippen molar-refractivity contribution in [1.82, 2.24) is 15.3 Å². The molecule has 1 aromatic rings. The fraction of sp³-hybridized carbons (Fsp3) is 0.750. The topological polar surface area (TPSA) is 60.7 Å². The molecule has 1 aliphatic carbocycles. The van der Waals surface area contributed by atoms with Crippen LogP contribution in [0.5, 0.6) is 0 Å². The molecule has 0 amide bonds. The zero-order chi connectivity index (χ0) is 11.0. The summed E-state index contributed by atoms with van der Waals surface area (Å²) in [5.74, 6) is 1.11. The summed E-state index contributed by atoms with van der Waals surface area (Å²) < 4.78 is 0. The highest BCUT2D eigenvalue weighted by molar-refractivity contribution is 5.23. The molecule has 1 unspecified atom stereocenters. The molecule has 2 heterocycles. The van der Waals surface area contributed by atoms with Gasteiger partial charge >= 0.3 is 5.69 Å².